The summed E-state index contributed by atoms with van der Waals surface area (Å²) in [5.41, 5.74) is 0.678. The fourth-order valence-electron chi connectivity index (χ4n) is 1.26. The predicted molar refractivity (Wildman–Crippen MR) is 60.8 cm³/mol. The Bertz CT molecular complexity index is 487. The van der Waals surface area contributed by atoms with Crippen LogP contribution in [-0.4, -0.2) is 17.3 Å². The highest BCUT2D eigenvalue weighted by molar-refractivity contribution is 6.30. The average molecular weight is 255 g/mol. The average Bonchev–Trinajstić information content (AvgIpc) is 2.76. The molecule has 0 radical (unpaired) electrons. The van der Waals surface area contributed by atoms with Crippen molar-refractivity contribution in [1.82, 2.24) is 10.1 Å². The molecule has 2 aromatic rings. The van der Waals surface area contributed by atoms with Gasteiger partial charge in [0.25, 0.3) is 0 Å². The summed E-state index contributed by atoms with van der Waals surface area (Å²) < 4.78 is 15.4. The minimum atomic E-state index is 0.276. The van der Waals surface area contributed by atoms with Crippen LogP contribution >= 0.6 is 11.6 Å². The summed E-state index contributed by atoms with van der Waals surface area (Å²) >= 11 is 5.85. The van der Waals surface area contributed by atoms with Gasteiger partial charge in [-0.25, -0.2) is 4.98 Å². The quantitative estimate of drug-likeness (QED) is 0.767. The standard InChI is InChI=1S/C11H11ClN2O3/c1-15-7-9-5-8(14-17-9)6-16-10-3-2-4-13-11(10)12/h2-5H,6-7H2,1H3. The lowest BCUT2D eigenvalue weighted by Crippen LogP contribution is -1.96. The first-order chi connectivity index (χ1) is 8.29. The first kappa shape index (κ1) is 11.9. The van der Waals surface area contributed by atoms with Gasteiger partial charge in [0, 0.05) is 19.4 Å². The zero-order valence-electron chi connectivity index (χ0n) is 9.22. The van der Waals surface area contributed by atoms with E-state index in [0.717, 1.165) is 0 Å². The first-order valence-electron chi connectivity index (χ1n) is 4.96. The Labute approximate surface area is 103 Å². The van der Waals surface area contributed by atoms with Crippen molar-refractivity contribution in [2.45, 2.75) is 13.2 Å². The molecule has 0 aliphatic heterocycles. The highest BCUT2D eigenvalue weighted by atomic mass is 35.5. The molecule has 0 aliphatic rings. The molecule has 90 valence electrons. The van der Waals surface area contributed by atoms with E-state index in [2.05, 4.69) is 10.1 Å². The number of nitrogens with zero attached hydrogens (tertiary/aromatic N) is 2. The fraction of sp³-hybridized carbons (Fsp3) is 0.273. The monoisotopic (exact) mass is 254 g/mol. The summed E-state index contributed by atoms with van der Waals surface area (Å²) in [5.74, 6) is 1.17. The summed E-state index contributed by atoms with van der Waals surface area (Å²) in [5, 5.41) is 4.16. The van der Waals surface area contributed by atoms with Gasteiger partial charge in [-0.15, -0.1) is 0 Å². The molecule has 6 heteroatoms. The maximum Gasteiger partial charge on any atom is 0.171 e. The molecule has 17 heavy (non-hydrogen) atoms. The highest BCUT2D eigenvalue weighted by Crippen LogP contribution is 2.21. The minimum absolute atomic E-state index is 0.276. The third kappa shape index (κ3) is 3.18. The Balaban J connectivity index is 1.95. The Hall–Kier alpha value is -1.59. The molecule has 0 N–H and O–H groups in total. The van der Waals surface area contributed by atoms with Crippen LogP contribution in [0.1, 0.15) is 11.5 Å². The van der Waals surface area contributed by atoms with Gasteiger partial charge < -0.3 is 14.0 Å². The van der Waals surface area contributed by atoms with Gasteiger partial charge in [0.05, 0.1) is 0 Å². The lowest BCUT2D eigenvalue weighted by Gasteiger charge is -2.03. The smallest absolute Gasteiger partial charge is 0.171 e. The molecule has 2 aromatic heterocycles. The molecule has 0 aromatic carbocycles. The Kier molecular flexibility index (Phi) is 3.95. The van der Waals surface area contributed by atoms with Crippen molar-refractivity contribution in [3.8, 4) is 5.75 Å². The second-order valence-corrected chi connectivity index (χ2v) is 3.66. The molecule has 0 amide bonds. The maximum absolute atomic E-state index is 5.85. The number of hydrogen-bond acceptors (Lipinski definition) is 5. The predicted octanol–water partition coefficient (Wildman–Crippen LogP) is 2.45. The molecular weight excluding hydrogens is 244 g/mol. The van der Waals surface area contributed by atoms with Gasteiger partial charge >= 0.3 is 0 Å². The van der Waals surface area contributed by atoms with E-state index >= 15 is 0 Å². The van der Waals surface area contributed by atoms with Crippen molar-refractivity contribution in [1.29, 1.82) is 0 Å². The summed E-state index contributed by atoms with van der Waals surface area (Å²) in [6.07, 6.45) is 1.60. The lowest BCUT2D eigenvalue weighted by atomic mass is 10.4. The normalized spacial score (nSPS) is 10.5. The SMILES string of the molecule is COCc1cc(COc2cccnc2Cl)no1. The summed E-state index contributed by atoms with van der Waals surface area (Å²) in [6.45, 7) is 0.666. The van der Waals surface area contributed by atoms with Crippen LogP contribution in [0.5, 0.6) is 5.75 Å². The molecule has 5 nitrogen and oxygen atoms in total. The van der Waals surface area contributed by atoms with Crippen LogP contribution in [0, 0.1) is 0 Å². The van der Waals surface area contributed by atoms with E-state index in [1.165, 1.54) is 0 Å². The van der Waals surface area contributed by atoms with E-state index in [4.69, 9.17) is 25.6 Å². The van der Waals surface area contributed by atoms with Gasteiger partial charge in [-0.1, -0.05) is 16.8 Å². The molecule has 0 unspecified atom stereocenters. The third-order valence-corrected chi connectivity index (χ3v) is 2.28. The molecule has 0 saturated carbocycles. The van der Waals surface area contributed by atoms with Gasteiger partial charge in [0.2, 0.25) is 0 Å². The fourth-order valence-corrected chi connectivity index (χ4v) is 1.44. The van der Waals surface area contributed by atoms with Crippen molar-refractivity contribution in [3.63, 3.8) is 0 Å². The van der Waals surface area contributed by atoms with E-state index in [1.807, 2.05) is 0 Å². The number of pyridine rings is 1. The van der Waals surface area contributed by atoms with E-state index in [1.54, 1.807) is 31.5 Å². The molecule has 0 atom stereocenters. The van der Waals surface area contributed by atoms with E-state index < -0.39 is 0 Å². The zero-order valence-corrected chi connectivity index (χ0v) is 9.98. The van der Waals surface area contributed by atoms with E-state index in [0.29, 0.717) is 29.0 Å². The third-order valence-electron chi connectivity index (χ3n) is 1.99. The van der Waals surface area contributed by atoms with Crippen molar-refractivity contribution in [3.05, 3.63) is 41.0 Å². The van der Waals surface area contributed by atoms with Crippen LogP contribution < -0.4 is 4.74 Å². The van der Waals surface area contributed by atoms with Crippen LogP contribution in [0.25, 0.3) is 0 Å². The minimum Gasteiger partial charge on any atom is -0.484 e. The topological polar surface area (TPSA) is 57.4 Å². The number of hydrogen-bond donors (Lipinski definition) is 0. The van der Waals surface area contributed by atoms with Crippen LogP contribution in [-0.2, 0) is 18.0 Å². The number of methoxy groups -OCH3 is 1. The van der Waals surface area contributed by atoms with Gasteiger partial charge in [-0.3, -0.25) is 0 Å². The molecule has 0 bridgehead atoms. The van der Waals surface area contributed by atoms with Gasteiger partial charge in [0.15, 0.2) is 16.7 Å². The molecule has 0 spiro atoms. The molecule has 0 aliphatic carbocycles. The van der Waals surface area contributed by atoms with Gasteiger partial charge in [-0.05, 0) is 12.1 Å². The second kappa shape index (κ2) is 5.65. The number of ether oxygens (including phenoxy) is 2. The van der Waals surface area contributed by atoms with E-state index in [9.17, 15) is 0 Å². The molecule has 0 fully saturated rings. The Morgan fingerprint density at radius 2 is 2.29 bits per heavy atom. The van der Waals surface area contributed by atoms with Crippen LogP contribution in [0.15, 0.2) is 28.9 Å². The van der Waals surface area contributed by atoms with Crippen LogP contribution in [0.3, 0.4) is 0 Å². The summed E-state index contributed by atoms with van der Waals surface area (Å²) in [7, 11) is 1.59. The largest absolute Gasteiger partial charge is 0.484 e. The van der Waals surface area contributed by atoms with Gasteiger partial charge in [0.1, 0.15) is 18.9 Å². The number of halogens is 1. The maximum atomic E-state index is 5.85. The second-order valence-electron chi connectivity index (χ2n) is 3.30. The van der Waals surface area contributed by atoms with Crippen LogP contribution in [0.2, 0.25) is 5.15 Å². The molecule has 2 heterocycles. The highest BCUT2D eigenvalue weighted by Gasteiger charge is 2.06. The van der Waals surface area contributed by atoms with E-state index in [-0.39, 0.29) is 6.61 Å². The summed E-state index contributed by atoms with van der Waals surface area (Å²) in [4.78, 5) is 3.90. The zero-order chi connectivity index (χ0) is 12.1. The molecule has 2 rings (SSSR count). The van der Waals surface area contributed by atoms with Crippen molar-refractivity contribution < 1.29 is 14.0 Å². The summed E-state index contributed by atoms with van der Waals surface area (Å²) in [6, 6.07) is 5.26. The molecule has 0 saturated heterocycles. The van der Waals surface area contributed by atoms with Crippen LogP contribution in [0.4, 0.5) is 0 Å². The lowest BCUT2D eigenvalue weighted by molar-refractivity contribution is 0.155. The van der Waals surface area contributed by atoms with Crippen molar-refractivity contribution in [2.24, 2.45) is 0 Å². The number of rotatable bonds is 5. The first-order valence-corrected chi connectivity index (χ1v) is 5.34. The number of aromatic nitrogens is 2. The Morgan fingerprint density at radius 1 is 1.41 bits per heavy atom. The van der Waals surface area contributed by atoms with Crippen molar-refractivity contribution in [2.75, 3.05) is 7.11 Å². The van der Waals surface area contributed by atoms with Gasteiger partial charge in [-0.2, -0.15) is 0 Å². The Morgan fingerprint density at radius 3 is 3.06 bits per heavy atom. The van der Waals surface area contributed by atoms with Crippen molar-refractivity contribution >= 4 is 11.6 Å². The molecular formula is C11H11ClN2O3.